The largest absolute Gasteiger partial charge is 0.417 e. The molecule has 0 saturated heterocycles. The third-order valence-electron chi connectivity index (χ3n) is 4.31. The zero-order valence-corrected chi connectivity index (χ0v) is 15.9. The van der Waals surface area contributed by atoms with E-state index in [9.17, 15) is 22.4 Å². The standard InChI is InChI=1S/C20H14F4N6O/c1-12-8-18(30(28-12)17-7-6-14(10-25-17)20(22,23)24)27-19(31)13-9-26-29(11-13)16-5-3-2-4-15(16)21/h2-11H,1H3,(H,27,31). The molecule has 0 aliphatic rings. The van der Waals surface area contributed by atoms with Gasteiger partial charge in [0.05, 0.1) is 23.0 Å². The Morgan fingerprint density at radius 2 is 1.87 bits per heavy atom. The van der Waals surface area contributed by atoms with E-state index in [1.165, 1.54) is 40.0 Å². The predicted molar refractivity (Wildman–Crippen MR) is 103 cm³/mol. The lowest BCUT2D eigenvalue weighted by atomic mass is 10.3. The fraction of sp³-hybridized carbons (Fsp3) is 0.100. The molecular formula is C20H14F4N6O. The highest BCUT2D eigenvalue weighted by molar-refractivity contribution is 6.03. The number of rotatable bonds is 4. The first-order chi connectivity index (χ1) is 14.7. The van der Waals surface area contributed by atoms with Crippen LogP contribution in [-0.4, -0.2) is 30.5 Å². The highest BCUT2D eigenvalue weighted by Crippen LogP contribution is 2.29. The Kier molecular flexibility index (Phi) is 5.01. The minimum absolute atomic E-state index is 0.0958. The van der Waals surface area contributed by atoms with Gasteiger partial charge < -0.3 is 5.32 Å². The number of nitrogens with zero attached hydrogens (tertiary/aromatic N) is 5. The molecule has 4 aromatic rings. The zero-order chi connectivity index (χ0) is 22.2. The van der Waals surface area contributed by atoms with Crippen molar-refractivity contribution in [2.45, 2.75) is 13.1 Å². The van der Waals surface area contributed by atoms with Crippen molar-refractivity contribution < 1.29 is 22.4 Å². The Morgan fingerprint density at radius 1 is 1.10 bits per heavy atom. The number of halogens is 4. The van der Waals surface area contributed by atoms with Gasteiger partial charge in [-0.15, -0.1) is 0 Å². The molecule has 11 heteroatoms. The van der Waals surface area contributed by atoms with E-state index in [0.29, 0.717) is 11.9 Å². The summed E-state index contributed by atoms with van der Waals surface area (Å²) in [4.78, 5) is 16.4. The first-order valence-corrected chi connectivity index (χ1v) is 8.93. The van der Waals surface area contributed by atoms with Gasteiger partial charge in [-0.05, 0) is 31.2 Å². The van der Waals surface area contributed by atoms with Gasteiger partial charge in [-0.1, -0.05) is 12.1 Å². The molecule has 0 radical (unpaired) electrons. The quantitative estimate of drug-likeness (QED) is 0.493. The Bertz CT molecular complexity index is 1240. The SMILES string of the molecule is Cc1cc(NC(=O)c2cnn(-c3ccccc3F)c2)n(-c2ccc(C(F)(F)F)cn2)n1. The summed E-state index contributed by atoms with van der Waals surface area (Å²) >= 11 is 0. The van der Waals surface area contributed by atoms with Crippen molar-refractivity contribution in [3.8, 4) is 11.5 Å². The minimum Gasteiger partial charge on any atom is -0.306 e. The maximum Gasteiger partial charge on any atom is 0.417 e. The van der Waals surface area contributed by atoms with Crippen molar-refractivity contribution in [1.29, 1.82) is 0 Å². The number of aromatic nitrogens is 5. The van der Waals surface area contributed by atoms with E-state index in [-0.39, 0.29) is 22.9 Å². The number of para-hydroxylation sites is 1. The molecule has 0 unspecified atom stereocenters. The predicted octanol–water partition coefficient (Wildman–Crippen LogP) is 4.17. The molecule has 0 fully saturated rings. The van der Waals surface area contributed by atoms with Crippen molar-refractivity contribution in [2.75, 3.05) is 5.32 Å². The maximum atomic E-state index is 13.9. The molecular weight excluding hydrogens is 416 g/mol. The average Bonchev–Trinajstić information content (AvgIpc) is 3.35. The summed E-state index contributed by atoms with van der Waals surface area (Å²) in [6.07, 6.45) is -1.19. The van der Waals surface area contributed by atoms with Crippen LogP contribution in [0.25, 0.3) is 11.5 Å². The van der Waals surface area contributed by atoms with E-state index in [1.54, 1.807) is 19.1 Å². The molecule has 1 amide bonds. The van der Waals surface area contributed by atoms with Gasteiger partial charge in [0.1, 0.15) is 17.3 Å². The molecule has 7 nitrogen and oxygen atoms in total. The second kappa shape index (κ2) is 7.67. The summed E-state index contributed by atoms with van der Waals surface area (Å²) in [5.41, 5.74) is -0.0595. The fourth-order valence-electron chi connectivity index (χ4n) is 2.84. The van der Waals surface area contributed by atoms with Crippen LogP contribution in [0.4, 0.5) is 23.4 Å². The van der Waals surface area contributed by atoms with Gasteiger partial charge in [0, 0.05) is 18.5 Å². The van der Waals surface area contributed by atoms with Crippen molar-refractivity contribution in [3.63, 3.8) is 0 Å². The number of hydrogen-bond donors (Lipinski definition) is 1. The minimum atomic E-state index is -4.51. The van der Waals surface area contributed by atoms with Crippen LogP contribution in [0.2, 0.25) is 0 Å². The van der Waals surface area contributed by atoms with Crippen LogP contribution in [0.15, 0.2) is 61.1 Å². The highest BCUT2D eigenvalue weighted by Gasteiger charge is 2.30. The van der Waals surface area contributed by atoms with Gasteiger partial charge in [0.15, 0.2) is 5.82 Å². The van der Waals surface area contributed by atoms with E-state index >= 15 is 0 Å². The number of anilines is 1. The number of amides is 1. The molecule has 0 bridgehead atoms. The molecule has 1 N–H and O–H groups in total. The number of carbonyl (C=O) groups excluding carboxylic acids is 1. The van der Waals surface area contributed by atoms with Gasteiger partial charge in [0.25, 0.3) is 5.91 Å². The van der Waals surface area contributed by atoms with Crippen molar-refractivity contribution >= 4 is 11.7 Å². The third-order valence-corrected chi connectivity index (χ3v) is 4.31. The van der Waals surface area contributed by atoms with Crippen LogP contribution in [0, 0.1) is 12.7 Å². The van der Waals surface area contributed by atoms with E-state index in [2.05, 4.69) is 20.5 Å². The van der Waals surface area contributed by atoms with Crippen LogP contribution in [0.1, 0.15) is 21.6 Å². The smallest absolute Gasteiger partial charge is 0.306 e. The number of alkyl halides is 3. The molecule has 0 atom stereocenters. The van der Waals surface area contributed by atoms with Gasteiger partial charge in [0.2, 0.25) is 0 Å². The van der Waals surface area contributed by atoms with Gasteiger partial charge in [-0.3, -0.25) is 4.79 Å². The summed E-state index contributed by atoms with van der Waals surface area (Å²) < 4.78 is 54.7. The fourth-order valence-corrected chi connectivity index (χ4v) is 2.84. The first kappa shape index (κ1) is 20.3. The maximum absolute atomic E-state index is 13.9. The topological polar surface area (TPSA) is 77.6 Å². The van der Waals surface area contributed by atoms with E-state index in [4.69, 9.17) is 0 Å². The van der Waals surface area contributed by atoms with E-state index in [1.807, 2.05) is 0 Å². The van der Waals surface area contributed by atoms with Crippen molar-refractivity contribution in [2.24, 2.45) is 0 Å². The number of aryl methyl sites for hydroxylation is 1. The summed E-state index contributed by atoms with van der Waals surface area (Å²) in [7, 11) is 0. The molecule has 0 saturated carbocycles. The zero-order valence-electron chi connectivity index (χ0n) is 15.9. The monoisotopic (exact) mass is 430 g/mol. The molecule has 0 aliphatic heterocycles. The van der Waals surface area contributed by atoms with E-state index < -0.39 is 23.5 Å². The first-order valence-electron chi connectivity index (χ1n) is 8.93. The number of pyridine rings is 1. The molecule has 0 spiro atoms. The third kappa shape index (κ3) is 4.15. The number of carbonyl (C=O) groups is 1. The summed E-state index contributed by atoms with van der Waals surface area (Å²) in [6.45, 7) is 1.66. The van der Waals surface area contributed by atoms with Gasteiger partial charge >= 0.3 is 6.18 Å². The van der Waals surface area contributed by atoms with Crippen LogP contribution in [0.3, 0.4) is 0 Å². The highest BCUT2D eigenvalue weighted by atomic mass is 19.4. The molecule has 3 aromatic heterocycles. The second-order valence-corrected chi connectivity index (χ2v) is 6.56. The van der Waals surface area contributed by atoms with Gasteiger partial charge in [-0.25, -0.2) is 14.1 Å². The summed E-state index contributed by atoms with van der Waals surface area (Å²) in [6, 6.07) is 9.53. The van der Waals surface area contributed by atoms with E-state index in [0.717, 1.165) is 12.1 Å². The van der Waals surface area contributed by atoms with Crippen LogP contribution < -0.4 is 5.32 Å². The normalized spacial score (nSPS) is 11.5. The van der Waals surface area contributed by atoms with Crippen LogP contribution >= 0.6 is 0 Å². The Balaban J connectivity index is 1.58. The van der Waals surface area contributed by atoms with Crippen molar-refractivity contribution in [3.05, 3.63) is 83.7 Å². The summed E-state index contributed by atoms with van der Waals surface area (Å²) in [5.74, 6) is -0.762. The van der Waals surface area contributed by atoms with Crippen LogP contribution in [-0.2, 0) is 6.18 Å². The molecule has 31 heavy (non-hydrogen) atoms. The Morgan fingerprint density at radius 3 is 2.55 bits per heavy atom. The summed E-state index contributed by atoms with van der Waals surface area (Å²) in [5, 5.41) is 10.8. The molecule has 1 aromatic carbocycles. The lowest BCUT2D eigenvalue weighted by molar-refractivity contribution is -0.137. The lowest BCUT2D eigenvalue weighted by Crippen LogP contribution is -2.15. The molecule has 158 valence electrons. The van der Waals surface area contributed by atoms with Gasteiger partial charge in [-0.2, -0.15) is 28.1 Å². The molecule has 4 rings (SSSR count). The number of hydrogen-bond acceptors (Lipinski definition) is 4. The number of benzene rings is 1. The number of nitrogens with one attached hydrogen (secondary N) is 1. The second-order valence-electron chi connectivity index (χ2n) is 6.56. The van der Waals surface area contributed by atoms with Crippen molar-refractivity contribution in [1.82, 2.24) is 24.5 Å². The van der Waals surface area contributed by atoms with Crippen LogP contribution in [0.5, 0.6) is 0 Å². The lowest BCUT2D eigenvalue weighted by Gasteiger charge is -2.09. The Labute approximate surface area is 173 Å². The molecule has 3 heterocycles. The Hall–Kier alpha value is -4.02. The average molecular weight is 430 g/mol. The molecule has 0 aliphatic carbocycles.